The van der Waals surface area contributed by atoms with Crippen LogP contribution in [0.4, 0.5) is 11.4 Å². The molecule has 1 heterocycles. The summed E-state index contributed by atoms with van der Waals surface area (Å²) in [6.45, 7) is 0. The molecule has 1 aromatic heterocycles. The molecule has 0 amide bonds. The van der Waals surface area contributed by atoms with Crippen LogP contribution in [0.25, 0.3) is 0 Å². The molecule has 0 spiro atoms. The Hall–Kier alpha value is -2.15. The Bertz CT molecular complexity index is 874. The van der Waals surface area contributed by atoms with Crippen LogP contribution in [0.2, 0.25) is 5.02 Å². The highest BCUT2D eigenvalue weighted by Crippen LogP contribution is 2.33. The number of hydrogen-bond donors (Lipinski definition) is 0. The van der Waals surface area contributed by atoms with Crippen LogP contribution in [0, 0.1) is 10.1 Å². The number of non-ortho nitro benzene ring substituents is 1. The van der Waals surface area contributed by atoms with Gasteiger partial charge in [-0.25, -0.2) is 0 Å². The maximum atomic E-state index is 10.6. The van der Waals surface area contributed by atoms with Gasteiger partial charge in [0, 0.05) is 33.1 Å². The third-order valence-corrected chi connectivity index (χ3v) is 5.45. The summed E-state index contributed by atoms with van der Waals surface area (Å²) in [5, 5.41) is 11.3. The highest BCUT2D eigenvalue weighted by Gasteiger charge is 2.04. The summed E-state index contributed by atoms with van der Waals surface area (Å²) < 4.78 is 1.16. The summed E-state index contributed by atoms with van der Waals surface area (Å²) >= 11 is 9.18. The molecule has 0 aliphatic rings. The summed E-state index contributed by atoms with van der Waals surface area (Å²) in [5.74, 6) is 0. The second kappa shape index (κ2) is 7.61. The summed E-state index contributed by atoms with van der Waals surface area (Å²) in [5.41, 5.74) is 0.743. The summed E-state index contributed by atoms with van der Waals surface area (Å²) in [6, 6.07) is 17.9. The predicted octanol–water partition coefficient (Wildman–Crippen LogP) is 6.21. The van der Waals surface area contributed by atoms with Gasteiger partial charge in [0.15, 0.2) is 0 Å². The first-order valence-electron chi connectivity index (χ1n) is 6.92. The number of rotatable bonds is 5. The van der Waals surface area contributed by atoms with Crippen molar-refractivity contribution in [1.82, 2.24) is 0 Å². The largest absolute Gasteiger partial charge is 0.269 e. The van der Waals surface area contributed by atoms with E-state index >= 15 is 0 Å². The van der Waals surface area contributed by atoms with E-state index in [1.807, 2.05) is 36.4 Å². The number of thiophene rings is 1. The smallest absolute Gasteiger partial charge is 0.258 e. The molecule has 4 nitrogen and oxygen atoms in total. The normalized spacial score (nSPS) is 11.0. The van der Waals surface area contributed by atoms with Crippen LogP contribution < -0.4 is 0 Å². The van der Waals surface area contributed by atoms with Gasteiger partial charge in [0.1, 0.15) is 0 Å². The molecule has 7 heteroatoms. The van der Waals surface area contributed by atoms with Gasteiger partial charge in [-0.3, -0.25) is 15.1 Å². The molecule has 0 radical (unpaired) electrons. The quantitative estimate of drug-likeness (QED) is 0.303. The Labute approximate surface area is 152 Å². The Balaban J connectivity index is 1.66. The van der Waals surface area contributed by atoms with Gasteiger partial charge in [-0.2, -0.15) is 0 Å². The summed E-state index contributed by atoms with van der Waals surface area (Å²) in [4.78, 5) is 16.7. The highest BCUT2D eigenvalue weighted by molar-refractivity contribution is 8.01. The van der Waals surface area contributed by atoms with Gasteiger partial charge in [-0.1, -0.05) is 23.4 Å². The van der Waals surface area contributed by atoms with E-state index in [4.69, 9.17) is 11.6 Å². The molecule has 0 aliphatic carbocycles. The molecule has 0 bridgehead atoms. The zero-order valence-electron chi connectivity index (χ0n) is 12.3. The van der Waals surface area contributed by atoms with Gasteiger partial charge in [-0.05, 0) is 48.5 Å². The third-order valence-electron chi connectivity index (χ3n) is 3.04. The highest BCUT2D eigenvalue weighted by atomic mass is 35.5. The first-order chi connectivity index (χ1) is 11.6. The number of benzene rings is 2. The van der Waals surface area contributed by atoms with E-state index in [-0.39, 0.29) is 5.69 Å². The third kappa shape index (κ3) is 4.44. The van der Waals surface area contributed by atoms with Crippen molar-refractivity contribution in [3.8, 4) is 0 Å². The molecule has 3 rings (SSSR count). The molecule has 0 saturated carbocycles. The number of halogens is 1. The van der Waals surface area contributed by atoms with Crippen molar-refractivity contribution in [1.29, 1.82) is 0 Å². The van der Waals surface area contributed by atoms with E-state index in [1.165, 1.54) is 12.1 Å². The maximum absolute atomic E-state index is 10.6. The van der Waals surface area contributed by atoms with Crippen molar-refractivity contribution in [3.05, 3.63) is 80.7 Å². The van der Waals surface area contributed by atoms with Crippen molar-refractivity contribution in [3.63, 3.8) is 0 Å². The van der Waals surface area contributed by atoms with Crippen molar-refractivity contribution >= 4 is 52.3 Å². The zero-order chi connectivity index (χ0) is 16.9. The molecule has 0 aliphatic heterocycles. The van der Waals surface area contributed by atoms with Gasteiger partial charge >= 0.3 is 0 Å². The lowest BCUT2D eigenvalue weighted by atomic mass is 10.3. The van der Waals surface area contributed by atoms with E-state index in [0.29, 0.717) is 5.69 Å². The maximum Gasteiger partial charge on any atom is 0.269 e. The van der Waals surface area contributed by atoms with Crippen LogP contribution in [-0.4, -0.2) is 11.1 Å². The minimum atomic E-state index is -0.424. The molecule has 0 N–H and O–H groups in total. The van der Waals surface area contributed by atoms with Crippen LogP contribution in [0.3, 0.4) is 0 Å². The van der Waals surface area contributed by atoms with E-state index in [1.54, 1.807) is 41.4 Å². The van der Waals surface area contributed by atoms with E-state index < -0.39 is 4.92 Å². The molecule has 0 saturated heterocycles. The average molecular weight is 375 g/mol. The van der Waals surface area contributed by atoms with Crippen molar-refractivity contribution in [2.45, 2.75) is 9.10 Å². The SMILES string of the molecule is O=[N+]([O-])c1ccc(N=Cc2ccc(Sc3ccc(Cl)cc3)s2)cc1. The summed E-state index contributed by atoms with van der Waals surface area (Å²) in [7, 11) is 0. The van der Waals surface area contributed by atoms with Gasteiger partial charge in [0.2, 0.25) is 0 Å². The predicted molar refractivity (Wildman–Crippen MR) is 100 cm³/mol. The molecule has 0 unspecified atom stereocenters. The standard InChI is InChI=1S/C17H11ClN2O2S2/c18-12-1-7-15(8-2-12)23-17-10-9-16(24-17)11-19-13-3-5-14(6-4-13)20(21)22/h1-11H. The second-order valence-corrected chi connectivity index (χ2v) is 7.67. The Morgan fingerprint density at radius 1 is 1.04 bits per heavy atom. The van der Waals surface area contributed by atoms with E-state index in [0.717, 1.165) is 19.0 Å². The number of aliphatic imine (C=N–C) groups is 1. The van der Waals surface area contributed by atoms with Crippen LogP contribution in [0.1, 0.15) is 4.88 Å². The first kappa shape index (κ1) is 16.7. The van der Waals surface area contributed by atoms with Crippen LogP contribution in [-0.2, 0) is 0 Å². The fourth-order valence-electron chi connectivity index (χ4n) is 1.88. The van der Waals surface area contributed by atoms with Crippen LogP contribution in [0.15, 0.2) is 74.8 Å². The first-order valence-corrected chi connectivity index (χ1v) is 8.93. The van der Waals surface area contributed by atoms with E-state index in [2.05, 4.69) is 4.99 Å². The average Bonchev–Trinajstić information content (AvgIpc) is 3.03. The monoisotopic (exact) mass is 374 g/mol. The Kier molecular flexibility index (Phi) is 5.30. The topological polar surface area (TPSA) is 55.5 Å². The number of nitrogens with zero attached hydrogens (tertiary/aromatic N) is 2. The summed E-state index contributed by atoms with van der Waals surface area (Å²) in [6.07, 6.45) is 1.76. The van der Waals surface area contributed by atoms with Gasteiger partial charge in [-0.15, -0.1) is 11.3 Å². The Morgan fingerprint density at radius 3 is 2.42 bits per heavy atom. The van der Waals surface area contributed by atoms with Gasteiger partial charge < -0.3 is 0 Å². The van der Waals surface area contributed by atoms with Crippen LogP contribution in [0.5, 0.6) is 0 Å². The van der Waals surface area contributed by atoms with Crippen molar-refractivity contribution in [2.75, 3.05) is 0 Å². The lowest BCUT2D eigenvalue weighted by molar-refractivity contribution is -0.384. The van der Waals surface area contributed by atoms with Gasteiger partial charge in [0.05, 0.1) is 14.8 Å². The van der Waals surface area contributed by atoms with Crippen LogP contribution >= 0.6 is 34.7 Å². The van der Waals surface area contributed by atoms with E-state index in [9.17, 15) is 10.1 Å². The fourth-order valence-corrected chi connectivity index (χ4v) is 4.00. The minimum absolute atomic E-state index is 0.0618. The molecule has 2 aromatic carbocycles. The van der Waals surface area contributed by atoms with Crippen molar-refractivity contribution < 1.29 is 4.92 Å². The molecular weight excluding hydrogens is 364 g/mol. The molecule has 3 aromatic rings. The Morgan fingerprint density at radius 2 is 1.75 bits per heavy atom. The number of hydrogen-bond acceptors (Lipinski definition) is 5. The molecule has 24 heavy (non-hydrogen) atoms. The number of nitro groups is 1. The lowest BCUT2D eigenvalue weighted by Crippen LogP contribution is -1.85. The fraction of sp³-hybridized carbons (Fsp3) is 0. The zero-order valence-corrected chi connectivity index (χ0v) is 14.6. The van der Waals surface area contributed by atoms with Gasteiger partial charge in [0.25, 0.3) is 5.69 Å². The number of nitro benzene ring substituents is 1. The second-order valence-electron chi connectivity index (χ2n) is 4.74. The molecular formula is C17H11ClN2O2S2. The molecule has 0 fully saturated rings. The lowest BCUT2D eigenvalue weighted by Gasteiger charge is -1.97. The van der Waals surface area contributed by atoms with Crippen molar-refractivity contribution in [2.24, 2.45) is 4.99 Å². The molecule has 0 atom stereocenters. The molecule has 120 valence electrons. The minimum Gasteiger partial charge on any atom is -0.258 e.